The van der Waals surface area contributed by atoms with Gasteiger partial charge < -0.3 is 9.64 Å². The first kappa shape index (κ1) is 8.60. The molecule has 0 atom stereocenters. The maximum absolute atomic E-state index is 5.26. The third kappa shape index (κ3) is 2.54. The first-order valence-corrected chi connectivity index (χ1v) is 4.34. The summed E-state index contributed by atoms with van der Waals surface area (Å²) in [4.78, 5) is 2.38. The van der Waals surface area contributed by atoms with Gasteiger partial charge in [0, 0.05) is 18.8 Å². The number of hydrogen-bond acceptors (Lipinski definition) is 2. The van der Waals surface area contributed by atoms with E-state index in [1.807, 2.05) is 0 Å². The van der Waals surface area contributed by atoms with Gasteiger partial charge in [0.15, 0.2) is 0 Å². The van der Waals surface area contributed by atoms with Crippen molar-refractivity contribution in [3.8, 4) is 0 Å². The van der Waals surface area contributed by atoms with Crippen LogP contribution in [0.5, 0.6) is 0 Å². The molecule has 0 aliphatic carbocycles. The fourth-order valence-corrected chi connectivity index (χ4v) is 1.34. The van der Waals surface area contributed by atoms with Crippen molar-refractivity contribution >= 4 is 0 Å². The summed E-state index contributed by atoms with van der Waals surface area (Å²) < 4.78 is 5.26. The molecule has 0 N–H and O–H groups in total. The SMILES string of the molecule is CC/C=C(/C)N1CCOCC1. The van der Waals surface area contributed by atoms with E-state index in [0.29, 0.717) is 0 Å². The summed E-state index contributed by atoms with van der Waals surface area (Å²) in [6.45, 7) is 8.23. The van der Waals surface area contributed by atoms with Crippen molar-refractivity contribution in [1.82, 2.24) is 4.90 Å². The Morgan fingerprint density at radius 1 is 1.45 bits per heavy atom. The van der Waals surface area contributed by atoms with E-state index in [4.69, 9.17) is 4.74 Å². The minimum absolute atomic E-state index is 0.884. The van der Waals surface area contributed by atoms with Crippen LogP contribution >= 0.6 is 0 Å². The molecule has 0 aromatic heterocycles. The van der Waals surface area contributed by atoms with Crippen molar-refractivity contribution in [2.75, 3.05) is 26.3 Å². The van der Waals surface area contributed by atoms with Crippen LogP contribution in [0.3, 0.4) is 0 Å². The van der Waals surface area contributed by atoms with Crippen LogP contribution in [-0.4, -0.2) is 31.2 Å². The highest BCUT2D eigenvalue weighted by Gasteiger charge is 2.08. The van der Waals surface area contributed by atoms with Gasteiger partial charge in [-0.3, -0.25) is 0 Å². The topological polar surface area (TPSA) is 12.5 Å². The number of morpholine rings is 1. The second kappa shape index (κ2) is 4.39. The Morgan fingerprint density at radius 3 is 2.64 bits per heavy atom. The van der Waals surface area contributed by atoms with E-state index in [1.54, 1.807) is 0 Å². The van der Waals surface area contributed by atoms with Crippen LogP contribution in [0.25, 0.3) is 0 Å². The molecule has 2 nitrogen and oxygen atoms in total. The molecular formula is C9H17NO. The number of hydrogen-bond donors (Lipinski definition) is 0. The van der Waals surface area contributed by atoms with E-state index in [-0.39, 0.29) is 0 Å². The lowest BCUT2D eigenvalue weighted by molar-refractivity contribution is 0.0536. The van der Waals surface area contributed by atoms with Crippen LogP contribution in [0.1, 0.15) is 20.3 Å². The monoisotopic (exact) mass is 155 g/mol. The van der Waals surface area contributed by atoms with Gasteiger partial charge >= 0.3 is 0 Å². The van der Waals surface area contributed by atoms with Gasteiger partial charge in [0.1, 0.15) is 0 Å². The van der Waals surface area contributed by atoms with Gasteiger partial charge in [-0.05, 0) is 13.3 Å². The third-order valence-corrected chi connectivity index (χ3v) is 2.01. The number of allylic oxidation sites excluding steroid dienone is 2. The van der Waals surface area contributed by atoms with E-state index in [2.05, 4.69) is 24.8 Å². The lowest BCUT2D eigenvalue weighted by atomic mass is 10.3. The predicted molar refractivity (Wildman–Crippen MR) is 46.4 cm³/mol. The molecule has 0 bridgehead atoms. The van der Waals surface area contributed by atoms with E-state index in [1.165, 1.54) is 5.70 Å². The van der Waals surface area contributed by atoms with Gasteiger partial charge in [0.2, 0.25) is 0 Å². The number of nitrogens with zero attached hydrogens (tertiary/aromatic N) is 1. The molecule has 1 fully saturated rings. The van der Waals surface area contributed by atoms with Crippen LogP contribution in [0, 0.1) is 0 Å². The predicted octanol–water partition coefficient (Wildman–Crippen LogP) is 1.63. The van der Waals surface area contributed by atoms with Crippen molar-refractivity contribution in [1.29, 1.82) is 0 Å². The summed E-state index contributed by atoms with van der Waals surface area (Å²) in [5.41, 5.74) is 1.40. The molecular weight excluding hydrogens is 138 g/mol. The summed E-state index contributed by atoms with van der Waals surface area (Å²) in [5, 5.41) is 0. The van der Waals surface area contributed by atoms with E-state index < -0.39 is 0 Å². The molecule has 11 heavy (non-hydrogen) atoms. The van der Waals surface area contributed by atoms with Gasteiger partial charge in [-0.25, -0.2) is 0 Å². The summed E-state index contributed by atoms with van der Waals surface area (Å²) >= 11 is 0. The minimum atomic E-state index is 0.884. The fraction of sp³-hybridized carbons (Fsp3) is 0.778. The zero-order valence-corrected chi connectivity index (χ0v) is 7.47. The lowest BCUT2D eigenvalue weighted by Gasteiger charge is -2.29. The van der Waals surface area contributed by atoms with E-state index in [0.717, 1.165) is 32.7 Å². The molecule has 0 amide bonds. The standard InChI is InChI=1S/C9H17NO/c1-3-4-9(2)10-5-7-11-8-6-10/h4H,3,5-8H2,1-2H3/b9-4-. The van der Waals surface area contributed by atoms with Gasteiger partial charge in [0.25, 0.3) is 0 Å². The van der Waals surface area contributed by atoms with Crippen molar-refractivity contribution in [3.05, 3.63) is 11.8 Å². The Hall–Kier alpha value is -0.500. The molecule has 0 aromatic carbocycles. The number of rotatable bonds is 2. The van der Waals surface area contributed by atoms with Gasteiger partial charge in [-0.15, -0.1) is 0 Å². The Labute approximate surface area is 68.8 Å². The second-order valence-corrected chi connectivity index (χ2v) is 2.85. The molecule has 0 unspecified atom stereocenters. The maximum atomic E-state index is 5.26. The van der Waals surface area contributed by atoms with Gasteiger partial charge in [0.05, 0.1) is 13.2 Å². The number of ether oxygens (including phenoxy) is 1. The van der Waals surface area contributed by atoms with Crippen molar-refractivity contribution in [2.45, 2.75) is 20.3 Å². The highest BCUT2D eigenvalue weighted by Crippen LogP contribution is 2.06. The quantitative estimate of drug-likeness (QED) is 0.601. The zero-order chi connectivity index (χ0) is 8.10. The van der Waals surface area contributed by atoms with Crippen LogP contribution in [-0.2, 0) is 4.74 Å². The first-order chi connectivity index (χ1) is 5.34. The molecule has 0 spiro atoms. The van der Waals surface area contributed by atoms with E-state index in [9.17, 15) is 0 Å². The van der Waals surface area contributed by atoms with Crippen LogP contribution in [0.4, 0.5) is 0 Å². The minimum Gasteiger partial charge on any atom is -0.378 e. The van der Waals surface area contributed by atoms with Gasteiger partial charge in [-0.2, -0.15) is 0 Å². The van der Waals surface area contributed by atoms with Crippen molar-refractivity contribution in [3.63, 3.8) is 0 Å². The normalized spacial score (nSPS) is 20.5. The molecule has 1 saturated heterocycles. The van der Waals surface area contributed by atoms with Crippen LogP contribution < -0.4 is 0 Å². The molecule has 2 heteroatoms. The van der Waals surface area contributed by atoms with Gasteiger partial charge in [-0.1, -0.05) is 13.0 Å². The van der Waals surface area contributed by atoms with E-state index >= 15 is 0 Å². The Kier molecular flexibility index (Phi) is 3.43. The smallest absolute Gasteiger partial charge is 0.0642 e. The molecule has 1 heterocycles. The van der Waals surface area contributed by atoms with Crippen molar-refractivity contribution < 1.29 is 4.74 Å². The molecule has 1 aliphatic heterocycles. The molecule has 0 saturated carbocycles. The molecule has 0 aromatic rings. The molecule has 1 aliphatic rings. The summed E-state index contributed by atoms with van der Waals surface area (Å²) in [7, 11) is 0. The molecule has 0 radical (unpaired) electrons. The zero-order valence-electron chi connectivity index (χ0n) is 7.47. The average molecular weight is 155 g/mol. The Balaban J connectivity index is 2.38. The first-order valence-electron chi connectivity index (χ1n) is 4.34. The fourth-order valence-electron chi connectivity index (χ4n) is 1.34. The molecule has 1 rings (SSSR count). The Bertz CT molecular complexity index is 136. The third-order valence-electron chi connectivity index (χ3n) is 2.01. The lowest BCUT2D eigenvalue weighted by Crippen LogP contribution is -2.34. The highest BCUT2D eigenvalue weighted by molar-refractivity contribution is 4.97. The summed E-state index contributed by atoms with van der Waals surface area (Å²) in [6, 6.07) is 0. The molecule has 64 valence electrons. The average Bonchev–Trinajstić information content (AvgIpc) is 2.07. The van der Waals surface area contributed by atoms with Crippen molar-refractivity contribution in [2.24, 2.45) is 0 Å². The highest BCUT2D eigenvalue weighted by atomic mass is 16.5. The largest absolute Gasteiger partial charge is 0.378 e. The second-order valence-electron chi connectivity index (χ2n) is 2.85. The van der Waals surface area contributed by atoms with Crippen LogP contribution in [0.2, 0.25) is 0 Å². The summed E-state index contributed by atoms with van der Waals surface area (Å²) in [6.07, 6.45) is 3.40. The summed E-state index contributed by atoms with van der Waals surface area (Å²) in [5.74, 6) is 0. The maximum Gasteiger partial charge on any atom is 0.0642 e. The Morgan fingerprint density at radius 2 is 2.09 bits per heavy atom. The van der Waals surface area contributed by atoms with Crippen LogP contribution in [0.15, 0.2) is 11.8 Å².